The van der Waals surface area contributed by atoms with Crippen LogP contribution < -0.4 is 15.4 Å². The number of hydrogen-bond donors (Lipinski definition) is 3. The summed E-state index contributed by atoms with van der Waals surface area (Å²) in [6.45, 7) is 1.91. The molecule has 7 heteroatoms. The lowest BCUT2D eigenvalue weighted by atomic mass is 10.1. The number of nitrogens with one attached hydrogen (secondary N) is 2. The second kappa shape index (κ2) is 8.05. The number of ether oxygens (including phenoxy) is 2. The number of amides is 2. The molecule has 132 valence electrons. The average Bonchev–Trinajstić information content (AvgIpc) is 2.61. The van der Waals surface area contributed by atoms with Gasteiger partial charge in [0.05, 0.1) is 19.8 Å². The standard InChI is InChI=1S/C18H20N2O5/c1-11-9-12(17(22)25-3)7-8-14(11)20-18(23)19-10-13-5-4-6-15(24-2)16(13)21/h4-9,21H,10H2,1-3H3,(H2,19,20,23). The number of phenols is 1. The first-order chi connectivity index (χ1) is 12.0. The fourth-order valence-corrected chi connectivity index (χ4v) is 2.27. The van der Waals surface area contributed by atoms with Gasteiger partial charge in [-0.25, -0.2) is 9.59 Å². The first kappa shape index (κ1) is 18.1. The minimum atomic E-state index is -0.437. The Kier molecular flexibility index (Phi) is 5.84. The smallest absolute Gasteiger partial charge is 0.337 e. The molecule has 0 fully saturated rings. The van der Waals surface area contributed by atoms with E-state index in [9.17, 15) is 14.7 Å². The molecule has 0 radical (unpaired) electrons. The third kappa shape index (κ3) is 4.41. The van der Waals surface area contributed by atoms with Gasteiger partial charge in [0.1, 0.15) is 0 Å². The number of esters is 1. The molecule has 2 aromatic rings. The van der Waals surface area contributed by atoms with E-state index in [0.717, 1.165) is 5.56 Å². The van der Waals surface area contributed by atoms with Crippen molar-refractivity contribution in [3.8, 4) is 11.5 Å². The van der Waals surface area contributed by atoms with Crippen molar-refractivity contribution in [3.63, 3.8) is 0 Å². The third-order valence-electron chi connectivity index (χ3n) is 3.64. The van der Waals surface area contributed by atoms with Gasteiger partial charge in [-0.05, 0) is 36.8 Å². The van der Waals surface area contributed by atoms with E-state index in [-0.39, 0.29) is 12.3 Å². The molecular formula is C18H20N2O5. The molecule has 2 aromatic carbocycles. The summed E-state index contributed by atoms with van der Waals surface area (Å²) in [5, 5.41) is 15.4. The van der Waals surface area contributed by atoms with Crippen LogP contribution in [0.2, 0.25) is 0 Å². The van der Waals surface area contributed by atoms with Crippen molar-refractivity contribution in [3.05, 3.63) is 53.1 Å². The number of aryl methyl sites for hydroxylation is 1. The number of anilines is 1. The van der Waals surface area contributed by atoms with E-state index >= 15 is 0 Å². The number of rotatable bonds is 5. The van der Waals surface area contributed by atoms with Crippen LogP contribution in [0.4, 0.5) is 10.5 Å². The number of urea groups is 1. The van der Waals surface area contributed by atoms with Gasteiger partial charge in [-0.15, -0.1) is 0 Å². The van der Waals surface area contributed by atoms with Crippen LogP contribution in [0.1, 0.15) is 21.5 Å². The summed E-state index contributed by atoms with van der Waals surface area (Å²) in [6, 6.07) is 9.45. The summed E-state index contributed by atoms with van der Waals surface area (Å²) >= 11 is 0. The van der Waals surface area contributed by atoms with Gasteiger partial charge < -0.3 is 25.2 Å². The van der Waals surface area contributed by atoms with Gasteiger partial charge in [0.15, 0.2) is 11.5 Å². The zero-order valence-corrected chi connectivity index (χ0v) is 14.3. The molecule has 2 rings (SSSR count). The van der Waals surface area contributed by atoms with Crippen LogP contribution >= 0.6 is 0 Å². The van der Waals surface area contributed by atoms with Gasteiger partial charge in [-0.2, -0.15) is 0 Å². The SMILES string of the molecule is COC(=O)c1ccc(NC(=O)NCc2cccc(OC)c2O)c(C)c1. The molecule has 2 amide bonds. The quantitative estimate of drug-likeness (QED) is 0.725. The van der Waals surface area contributed by atoms with E-state index in [1.54, 1.807) is 43.3 Å². The number of para-hydroxylation sites is 1. The van der Waals surface area contributed by atoms with E-state index < -0.39 is 12.0 Å². The molecule has 0 saturated heterocycles. The summed E-state index contributed by atoms with van der Waals surface area (Å²) in [6.07, 6.45) is 0. The Bertz CT molecular complexity index is 789. The Morgan fingerprint density at radius 2 is 1.92 bits per heavy atom. The molecule has 0 aliphatic heterocycles. The van der Waals surface area contributed by atoms with Crippen molar-refractivity contribution in [2.24, 2.45) is 0 Å². The van der Waals surface area contributed by atoms with Crippen molar-refractivity contribution in [1.29, 1.82) is 0 Å². The maximum Gasteiger partial charge on any atom is 0.337 e. The number of hydrogen-bond acceptors (Lipinski definition) is 5. The highest BCUT2D eigenvalue weighted by Gasteiger charge is 2.11. The number of carbonyl (C=O) groups is 2. The number of carbonyl (C=O) groups excluding carboxylic acids is 2. The molecule has 3 N–H and O–H groups in total. The zero-order valence-electron chi connectivity index (χ0n) is 14.3. The molecule has 0 aliphatic rings. The third-order valence-corrected chi connectivity index (χ3v) is 3.64. The second-order valence-electron chi connectivity index (χ2n) is 5.30. The largest absolute Gasteiger partial charge is 0.504 e. The second-order valence-corrected chi connectivity index (χ2v) is 5.30. The zero-order chi connectivity index (χ0) is 18.4. The van der Waals surface area contributed by atoms with Crippen molar-refractivity contribution < 1.29 is 24.2 Å². The van der Waals surface area contributed by atoms with Gasteiger partial charge in [-0.1, -0.05) is 12.1 Å². The predicted octanol–water partition coefficient (Wildman–Crippen LogP) is 2.82. The topological polar surface area (TPSA) is 96.9 Å². The lowest BCUT2D eigenvalue weighted by molar-refractivity contribution is 0.0600. The van der Waals surface area contributed by atoms with Crippen molar-refractivity contribution >= 4 is 17.7 Å². The van der Waals surface area contributed by atoms with Crippen LogP contribution in [0.15, 0.2) is 36.4 Å². The van der Waals surface area contributed by atoms with E-state index in [4.69, 9.17) is 4.74 Å². The Labute approximate surface area is 145 Å². The highest BCUT2D eigenvalue weighted by atomic mass is 16.5. The number of methoxy groups -OCH3 is 2. The van der Waals surface area contributed by atoms with Crippen LogP contribution in [0.25, 0.3) is 0 Å². The fourth-order valence-electron chi connectivity index (χ4n) is 2.27. The first-order valence-corrected chi connectivity index (χ1v) is 7.55. The normalized spacial score (nSPS) is 10.0. The van der Waals surface area contributed by atoms with Crippen molar-refractivity contribution in [2.75, 3.05) is 19.5 Å². The Morgan fingerprint density at radius 3 is 2.56 bits per heavy atom. The highest BCUT2D eigenvalue weighted by molar-refractivity contribution is 5.93. The van der Waals surface area contributed by atoms with E-state index in [2.05, 4.69) is 15.4 Å². The predicted molar refractivity (Wildman–Crippen MR) is 93.0 cm³/mol. The summed E-state index contributed by atoms with van der Waals surface area (Å²) in [5.41, 5.74) is 2.24. The molecule has 0 saturated carbocycles. The van der Waals surface area contributed by atoms with Gasteiger partial charge in [0.25, 0.3) is 0 Å². The van der Waals surface area contributed by atoms with Crippen LogP contribution in [0, 0.1) is 6.92 Å². The lowest BCUT2D eigenvalue weighted by Gasteiger charge is -2.12. The van der Waals surface area contributed by atoms with E-state index in [1.807, 2.05) is 0 Å². The van der Waals surface area contributed by atoms with E-state index in [1.165, 1.54) is 14.2 Å². The highest BCUT2D eigenvalue weighted by Crippen LogP contribution is 2.29. The Morgan fingerprint density at radius 1 is 1.16 bits per heavy atom. The van der Waals surface area contributed by atoms with Gasteiger partial charge in [0.2, 0.25) is 0 Å². The average molecular weight is 344 g/mol. The number of benzene rings is 2. The summed E-state index contributed by atoms with van der Waals surface area (Å²) in [4.78, 5) is 23.5. The number of phenolic OH excluding ortho intramolecular Hbond substituents is 1. The molecule has 7 nitrogen and oxygen atoms in total. The lowest BCUT2D eigenvalue weighted by Crippen LogP contribution is -2.28. The Balaban J connectivity index is 2.00. The molecule has 0 unspecified atom stereocenters. The van der Waals surface area contributed by atoms with Crippen LogP contribution in [-0.2, 0) is 11.3 Å². The maximum absolute atomic E-state index is 12.1. The van der Waals surface area contributed by atoms with Crippen LogP contribution in [0.3, 0.4) is 0 Å². The summed E-state index contributed by atoms with van der Waals surface area (Å²) < 4.78 is 9.68. The van der Waals surface area contributed by atoms with Gasteiger partial charge in [0, 0.05) is 17.8 Å². The molecule has 0 atom stereocenters. The van der Waals surface area contributed by atoms with Crippen LogP contribution in [0.5, 0.6) is 11.5 Å². The number of aromatic hydroxyl groups is 1. The molecule has 25 heavy (non-hydrogen) atoms. The molecule has 0 spiro atoms. The molecule has 0 aliphatic carbocycles. The van der Waals surface area contributed by atoms with E-state index in [0.29, 0.717) is 22.6 Å². The van der Waals surface area contributed by atoms with Gasteiger partial charge >= 0.3 is 12.0 Å². The molecular weight excluding hydrogens is 324 g/mol. The maximum atomic E-state index is 12.1. The van der Waals surface area contributed by atoms with Crippen LogP contribution in [-0.4, -0.2) is 31.3 Å². The van der Waals surface area contributed by atoms with Crippen molar-refractivity contribution in [2.45, 2.75) is 13.5 Å². The molecule has 0 bridgehead atoms. The minimum absolute atomic E-state index is 0.0103. The van der Waals surface area contributed by atoms with Gasteiger partial charge in [-0.3, -0.25) is 0 Å². The molecule has 0 heterocycles. The summed E-state index contributed by atoms with van der Waals surface area (Å²) in [5.74, 6) is -0.106. The first-order valence-electron chi connectivity index (χ1n) is 7.55. The monoisotopic (exact) mass is 344 g/mol. The fraction of sp³-hybridized carbons (Fsp3) is 0.222. The van der Waals surface area contributed by atoms with Crippen molar-refractivity contribution in [1.82, 2.24) is 5.32 Å². The summed E-state index contributed by atoms with van der Waals surface area (Å²) in [7, 11) is 2.77. The minimum Gasteiger partial charge on any atom is -0.504 e. The molecule has 0 aromatic heterocycles. The Hall–Kier alpha value is -3.22.